The van der Waals surface area contributed by atoms with E-state index in [1.54, 1.807) is 0 Å². The van der Waals surface area contributed by atoms with Crippen LogP contribution in [0.5, 0.6) is 5.75 Å². The summed E-state index contributed by atoms with van der Waals surface area (Å²) in [4.78, 5) is 13.7. The van der Waals surface area contributed by atoms with Crippen LogP contribution in [-0.2, 0) is 20.3 Å². The van der Waals surface area contributed by atoms with Crippen LogP contribution in [0.1, 0.15) is 89.6 Å². The molecule has 0 aromatic heterocycles. The number of hydrogen-bond donors (Lipinski definition) is 1. The smallest absolute Gasteiger partial charge is 0.342 e. The molecule has 0 radical (unpaired) electrons. The van der Waals surface area contributed by atoms with Gasteiger partial charge in [-0.1, -0.05) is 53.7 Å². The van der Waals surface area contributed by atoms with Gasteiger partial charge in [-0.3, -0.25) is 0 Å². The van der Waals surface area contributed by atoms with E-state index in [-0.39, 0.29) is 47.1 Å². The van der Waals surface area contributed by atoms with E-state index in [9.17, 15) is 9.90 Å². The minimum atomic E-state index is -2.19. The first-order chi connectivity index (χ1) is 17.4. The number of carbonyl (C=O) groups excluding carboxylic acids is 1. The molecule has 1 N–H and O–H groups in total. The van der Waals surface area contributed by atoms with Crippen molar-refractivity contribution in [3.8, 4) is 5.75 Å². The van der Waals surface area contributed by atoms with Gasteiger partial charge in [-0.15, -0.1) is 0 Å². The number of rotatable bonds is 7. The van der Waals surface area contributed by atoms with Crippen molar-refractivity contribution in [1.29, 1.82) is 0 Å². The van der Waals surface area contributed by atoms with Crippen LogP contribution in [0.3, 0.4) is 0 Å². The number of benzene rings is 1. The number of carbonyl (C=O) groups is 1. The Morgan fingerprint density at radius 3 is 2.18 bits per heavy atom. The quantitative estimate of drug-likeness (QED) is 0.278. The highest BCUT2D eigenvalue weighted by Gasteiger charge is 2.43. The lowest BCUT2D eigenvalue weighted by Gasteiger charge is -2.44. The molecule has 216 valence electrons. The first-order valence-corrected chi connectivity index (χ1v) is 20.2. The number of hydrogen-bond acceptors (Lipinski definition) is 6. The third kappa shape index (κ3) is 7.50. The summed E-state index contributed by atoms with van der Waals surface area (Å²) in [6, 6.07) is 5.90. The van der Waals surface area contributed by atoms with E-state index >= 15 is 0 Å². The lowest BCUT2D eigenvalue weighted by molar-refractivity contribution is -0.107. The average molecular weight is 565 g/mol. The summed E-state index contributed by atoms with van der Waals surface area (Å²) < 4.78 is 26.4. The molecule has 1 aromatic rings. The molecule has 0 aliphatic carbocycles. The molecule has 0 unspecified atom stereocenters. The second-order valence-corrected chi connectivity index (χ2v) is 23.8. The van der Waals surface area contributed by atoms with Crippen LogP contribution in [0.15, 0.2) is 18.2 Å². The molecule has 2 bridgehead atoms. The molecule has 8 heteroatoms. The molecule has 4 atom stereocenters. The van der Waals surface area contributed by atoms with Crippen LogP contribution in [-0.4, -0.2) is 58.7 Å². The van der Waals surface area contributed by atoms with E-state index in [4.69, 9.17) is 18.3 Å². The minimum Gasteiger partial charge on any atom is -0.543 e. The lowest BCUT2D eigenvalue weighted by Crippen LogP contribution is -2.49. The number of cyclic esters (lactones) is 1. The van der Waals surface area contributed by atoms with E-state index in [1.165, 1.54) is 0 Å². The Hall–Kier alpha value is -1.20. The first kappa shape index (κ1) is 31.3. The maximum Gasteiger partial charge on any atom is 0.342 e. The molecule has 2 aliphatic heterocycles. The van der Waals surface area contributed by atoms with Gasteiger partial charge in [0.05, 0.1) is 12.2 Å². The molecule has 2 heterocycles. The molecular weight excluding hydrogens is 512 g/mol. The number of esters is 1. The largest absolute Gasteiger partial charge is 0.543 e. The van der Waals surface area contributed by atoms with Gasteiger partial charge in [-0.2, -0.15) is 0 Å². The van der Waals surface area contributed by atoms with Crippen molar-refractivity contribution in [3.63, 3.8) is 0 Å². The molecule has 1 aromatic carbocycles. The van der Waals surface area contributed by atoms with Gasteiger partial charge in [0.15, 0.2) is 8.32 Å². The van der Waals surface area contributed by atoms with E-state index in [1.807, 2.05) is 18.2 Å². The van der Waals surface area contributed by atoms with Gasteiger partial charge in [0, 0.05) is 19.1 Å². The number of aliphatic hydroxyl groups is 1. The Morgan fingerprint density at radius 2 is 1.58 bits per heavy atom. The highest BCUT2D eigenvalue weighted by molar-refractivity contribution is 6.75. The van der Waals surface area contributed by atoms with Crippen molar-refractivity contribution in [2.24, 2.45) is 0 Å². The highest BCUT2D eigenvalue weighted by Crippen LogP contribution is 2.42. The Morgan fingerprint density at radius 1 is 0.947 bits per heavy atom. The molecule has 0 spiro atoms. The molecule has 6 nitrogen and oxygen atoms in total. The molecular formula is C30H52O6Si2. The fraction of sp³-hybridized carbons (Fsp3) is 0.767. The summed E-state index contributed by atoms with van der Waals surface area (Å²) in [5, 5.41) is 9.64. The van der Waals surface area contributed by atoms with Crippen molar-refractivity contribution in [1.82, 2.24) is 0 Å². The Labute approximate surface area is 233 Å². The summed E-state index contributed by atoms with van der Waals surface area (Å²) >= 11 is 0. The third-order valence-electron chi connectivity index (χ3n) is 9.12. The Balaban J connectivity index is 2.00. The van der Waals surface area contributed by atoms with Gasteiger partial charge in [0.25, 0.3) is 8.32 Å². The van der Waals surface area contributed by atoms with Crippen molar-refractivity contribution in [2.75, 3.05) is 6.61 Å². The minimum absolute atomic E-state index is 0.00666. The monoisotopic (exact) mass is 564 g/mol. The summed E-state index contributed by atoms with van der Waals surface area (Å²) in [5.74, 6) is 0.285. The second kappa shape index (κ2) is 11.7. The summed E-state index contributed by atoms with van der Waals surface area (Å²) in [6.45, 7) is 22.5. The Kier molecular flexibility index (Phi) is 9.67. The predicted molar refractivity (Wildman–Crippen MR) is 158 cm³/mol. The van der Waals surface area contributed by atoms with Crippen LogP contribution >= 0.6 is 0 Å². The van der Waals surface area contributed by atoms with Gasteiger partial charge in [-0.25, -0.2) is 4.79 Å². The van der Waals surface area contributed by atoms with Crippen molar-refractivity contribution in [2.45, 2.75) is 141 Å². The van der Waals surface area contributed by atoms with Gasteiger partial charge in [0.1, 0.15) is 17.4 Å². The van der Waals surface area contributed by atoms with Gasteiger partial charge >= 0.3 is 5.97 Å². The zero-order chi connectivity index (χ0) is 28.5. The van der Waals surface area contributed by atoms with Crippen LogP contribution in [0.25, 0.3) is 0 Å². The van der Waals surface area contributed by atoms with E-state index in [2.05, 4.69) is 67.7 Å². The molecule has 2 aliphatic rings. The summed E-state index contributed by atoms with van der Waals surface area (Å²) in [7, 11) is -4.15. The van der Waals surface area contributed by atoms with Crippen LogP contribution in [0.4, 0.5) is 0 Å². The van der Waals surface area contributed by atoms with Crippen molar-refractivity contribution in [3.05, 3.63) is 29.3 Å². The molecule has 1 saturated heterocycles. The topological polar surface area (TPSA) is 74.2 Å². The molecule has 0 amide bonds. The SMILES string of the molecule is CC(C)(C)[Si](C)(C)Oc1cccc2c1C(=O)O[C@@H](CCCO)C[C@H]1C[C@H](O[Si](C)(C)C(C)(C)C)C[C@H](C2)O1. The maximum atomic E-state index is 13.7. The molecule has 1 fully saturated rings. The van der Waals surface area contributed by atoms with Gasteiger partial charge in [0.2, 0.25) is 0 Å². The van der Waals surface area contributed by atoms with Gasteiger partial charge < -0.3 is 23.4 Å². The van der Waals surface area contributed by atoms with Crippen LogP contribution < -0.4 is 4.43 Å². The van der Waals surface area contributed by atoms with E-state index in [0.717, 1.165) is 18.4 Å². The van der Waals surface area contributed by atoms with E-state index in [0.29, 0.717) is 37.0 Å². The normalized spacial score (nSPS) is 25.4. The van der Waals surface area contributed by atoms with Crippen molar-refractivity contribution < 1.29 is 28.2 Å². The highest BCUT2D eigenvalue weighted by atomic mass is 28.4. The van der Waals surface area contributed by atoms with Crippen LogP contribution in [0, 0.1) is 0 Å². The fourth-order valence-electron chi connectivity index (χ4n) is 4.82. The zero-order valence-electron chi connectivity index (χ0n) is 25.5. The number of aliphatic hydroxyl groups excluding tert-OH is 1. The molecule has 0 saturated carbocycles. The maximum absolute atomic E-state index is 13.7. The van der Waals surface area contributed by atoms with Gasteiger partial charge in [-0.05, 0) is 80.0 Å². The van der Waals surface area contributed by atoms with Crippen LogP contribution in [0.2, 0.25) is 36.3 Å². The second-order valence-electron chi connectivity index (χ2n) is 14.3. The lowest BCUT2D eigenvalue weighted by atomic mass is 9.91. The zero-order valence-corrected chi connectivity index (χ0v) is 27.5. The third-order valence-corrected chi connectivity index (χ3v) is 18.0. The number of ether oxygens (including phenoxy) is 2. The summed E-state index contributed by atoms with van der Waals surface area (Å²) in [5.41, 5.74) is 1.44. The van der Waals surface area contributed by atoms with E-state index < -0.39 is 16.6 Å². The first-order valence-electron chi connectivity index (χ1n) is 14.4. The Bertz CT molecular complexity index is 962. The number of fused-ring (bicyclic) bond motifs is 3. The predicted octanol–water partition coefficient (Wildman–Crippen LogP) is 7.25. The fourth-order valence-corrected chi connectivity index (χ4v) is 7.23. The molecule has 3 rings (SSSR count). The molecule has 38 heavy (non-hydrogen) atoms. The standard InChI is InChI=1S/C30H52O6Si2/c1-29(2,3)37(7,8)35-25-19-23-17-21-13-11-15-26(36-38(9,10)30(4,5)6)27(21)28(32)34-22(14-12-16-31)18-24(20-25)33-23/h11,13,15,22-25,31H,12,14,16-20H2,1-10H3/t22-,23-,24-,25+/m0/s1. The van der Waals surface area contributed by atoms with Crippen molar-refractivity contribution >= 4 is 22.6 Å². The average Bonchev–Trinajstić information content (AvgIpc) is 2.74. The summed E-state index contributed by atoms with van der Waals surface area (Å²) in [6.07, 6.45) is 3.71.